The fourth-order valence-corrected chi connectivity index (χ4v) is 4.59. The third-order valence-electron chi connectivity index (χ3n) is 5.98. The zero-order valence-corrected chi connectivity index (χ0v) is 14.9. The molecule has 27 heavy (non-hydrogen) atoms. The van der Waals surface area contributed by atoms with Crippen LogP contribution in [0.1, 0.15) is 43.1 Å². The van der Waals surface area contributed by atoms with Gasteiger partial charge in [0.25, 0.3) is 12.0 Å². The van der Waals surface area contributed by atoms with Crippen LogP contribution in [0.2, 0.25) is 0 Å². The summed E-state index contributed by atoms with van der Waals surface area (Å²) in [6, 6.07) is 4.23. The van der Waals surface area contributed by atoms with Gasteiger partial charge in [0.2, 0.25) is 5.58 Å². The van der Waals surface area contributed by atoms with Crippen molar-refractivity contribution >= 4 is 22.1 Å². The Hall–Kier alpha value is -2.70. The van der Waals surface area contributed by atoms with E-state index in [9.17, 15) is 13.6 Å². The number of aromatic nitrogens is 2. The number of allylic oxidation sites excluding steroid dienone is 1. The number of halogens is 2. The first-order valence-corrected chi connectivity index (χ1v) is 9.11. The smallest absolute Gasteiger partial charge is 0.297 e. The van der Waals surface area contributed by atoms with Crippen LogP contribution in [0, 0.1) is 5.92 Å². The van der Waals surface area contributed by atoms with E-state index < -0.39 is 6.43 Å². The first kappa shape index (κ1) is 16.5. The van der Waals surface area contributed by atoms with Crippen molar-refractivity contribution in [2.75, 3.05) is 7.05 Å². The highest BCUT2D eigenvalue weighted by molar-refractivity contribution is 6.02. The maximum absolute atomic E-state index is 13.3. The molecular weight excluding hydrogens is 352 g/mol. The van der Waals surface area contributed by atoms with Crippen LogP contribution in [0.5, 0.6) is 0 Å². The van der Waals surface area contributed by atoms with Crippen LogP contribution in [-0.4, -0.2) is 21.5 Å². The highest BCUT2D eigenvalue weighted by Crippen LogP contribution is 2.43. The Balaban J connectivity index is 1.80. The highest BCUT2D eigenvalue weighted by atomic mass is 19.3. The molecule has 2 atom stereocenters. The number of alkyl halides is 2. The van der Waals surface area contributed by atoms with E-state index in [1.54, 1.807) is 10.6 Å². The summed E-state index contributed by atoms with van der Waals surface area (Å²) in [4.78, 5) is 20.1. The molecule has 5 rings (SSSR count). The molecule has 1 aliphatic carbocycles. The van der Waals surface area contributed by atoms with Crippen molar-refractivity contribution in [3.05, 3.63) is 52.2 Å². The summed E-state index contributed by atoms with van der Waals surface area (Å²) in [6.07, 6.45) is 0.333. The lowest BCUT2D eigenvalue weighted by Crippen LogP contribution is -2.29. The van der Waals surface area contributed by atoms with E-state index in [4.69, 9.17) is 9.40 Å². The summed E-state index contributed by atoms with van der Waals surface area (Å²) in [6.45, 7) is 4.72. The van der Waals surface area contributed by atoms with Gasteiger partial charge in [-0.3, -0.25) is 9.36 Å². The lowest BCUT2D eigenvalue weighted by molar-refractivity contribution is 0.151. The van der Waals surface area contributed by atoms with Gasteiger partial charge in [0.15, 0.2) is 0 Å². The molecule has 0 unspecified atom stereocenters. The fraction of sp³-hybridized carbons (Fsp3) is 0.400. The van der Waals surface area contributed by atoms with Crippen LogP contribution in [-0.2, 0) is 6.54 Å². The Morgan fingerprint density at radius 1 is 1.33 bits per heavy atom. The van der Waals surface area contributed by atoms with Gasteiger partial charge in [0.05, 0.1) is 6.54 Å². The lowest BCUT2D eigenvalue weighted by atomic mass is 10.00. The van der Waals surface area contributed by atoms with Crippen molar-refractivity contribution in [3.63, 3.8) is 0 Å². The number of nitrogens with zero attached hydrogens (tertiary/aromatic N) is 3. The Morgan fingerprint density at radius 3 is 2.93 bits per heavy atom. The molecule has 0 spiro atoms. The fourth-order valence-electron chi connectivity index (χ4n) is 4.59. The standard InChI is InChI=1S/C20H19F2N3O2/c1-10-12-4-3-5-14(12)25-16(9-24(10)2)23-17-13-7-6-11(19(21)22)8-15(13)27-18(17)20(25)26/h6-8,12,14,19H,1,3-5,9H2,2H3/t12-,14-/m1/s1. The van der Waals surface area contributed by atoms with E-state index in [0.717, 1.165) is 25.0 Å². The quantitative estimate of drug-likeness (QED) is 0.637. The van der Waals surface area contributed by atoms with Crippen LogP contribution in [0.4, 0.5) is 8.78 Å². The molecule has 1 saturated carbocycles. The molecule has 2 aromatic heterocycles. The summed E-state index contributed by atoms with van der Waals surface area (Å²) in [5.74, 6) is 0.884. The molecule has 3 heterocycles. The molecule has 1 aliphatic heterocycles. The van der Waals surface area contributed by atoms with Gasteiger partial charge >= 0.3 is 0 Å². The number of furan rings is 1. The van der Waals surface area contributed by atoms with Gasteiger partial charge in [-0.05, 0) is 25.0 Å². The van der Waals surface area contributed by atoms with Crippen molar-refractivity contribution in [2.24, 2.45) is 5.92 Å². The molecule has 0 N–H and O–H groups in total. The minimum atomic E-state index is -2.59. The van der Waals surface area contributed by atoms with Crippen LogP contribution >= 0.6 is 0 Å². The molecule has 0 saturated heterocycles. The van der Waals surface area contributed by atoms with Gasteiger partial charge < -0.3 is 9.32 Å². The minimum absolute atomic E-state index is 0.0201. The first-order valence-electron chi connectivity index (χ1n) is 9.11. The minimum Gasteiger partial charge on any atom is -0.448 e. The second-order valence-corrected chi connectivity index (χ2v) is 7.49. The normalized spacial score (nSPS) is 22.5. The Kier molecular flexibility index (Phi) is 3.44. The number of rotatable bonds is 1. The predicted molar refractivity (Wildman–Crippen MR) is 97.7 cm³/mol. The Labute approximate surface area is 153 Å². The second-order valence-electron chi connectivity index (χ2n) is 7.49. The van der Waals surface area contributed by atoms with Crippen molar-refractivity contribution in [1.29, 1.82) is 0 Å². The average molecular weight is 371 g/mol. The van der Waals surface area contributed by atoms with Gasteiger partial charge in [0.1, 0.15) is 16.9 Å². The van der Waals surface area contributed by atoms with Gasteiger partial charge in [-0.25, -0.2) is 13.8 Å². The maximum Gasteiger partial charge on any atom is 0.297 e. The number of benzene rings is 1. The van der Waals surface area contributed by atoms with Crippen LogP contribution in [0.15, 0.2) is 39.7 Å². The number of hydrogen-bond donors (Lipinski definition) is 0. The molecule has 3 aromatic rings. The SMILES string of the molecule is C=C1[C@H]2CCC[C@H]2n2c(nc3c(oc4cc(C(F)F)ccc43)c2=O)CN1C. The highest BCUT2D eigenvalue weighted by Gasteiger charge is 2.37. The van der Waals surface area contributed by atoms with E-state index in [1.807, 2.05) is 7.05 Å². The molecular formula is C20H19F2N3O2. The van der Waals surface area contributed by atoms with E-state index in [-0.39, 0.29) is 34.2 Å². The second kappa shape index (κ2) is 5.65. The van der Waals surface area contributed by atoms with Gasteiger partial charge in [0, 0.05) is 35.7 Å². The van der Waals surface area contributed by atoms with Gasteiger partial charge in [-0.1, -0.05) is 19.1 Å². The van der Waals surface area contributed by atoms with Crippen molar-refractivity contribution in [2.45, 2.75) is 38.3 Å². The van der Waals surface area contributed by atoms with Gasteiger partial charge in [-0.2, -0.15) is 0 Å². The monoisotopic (exact) mass is 371 g/mol. The van der Waals surface area contributed by atoms with Crippen LogP contribution in [0.3, 0.4) is 0 Å². The molecule has 1 fully saturated rings. The molecule has 0 bridgehead atoms. The van der Waals surface area contributed by atoms with Crippen molar-refractivity contribution < 1.29 is 13.2 Å². The largest absolute Gasteiger partial charge is 0.448 e. The first-order chi connectivity index (χ1) is 13.0. The van der Waals surface area contributed by atoms with E-state index in [2.05, 4.69) is 11.5 Å². The summed E-state index contributed by atoms with van der Waals surface area (Å²) in [5, 5.41) is 0.587. The Bertz CT molecular complexity index is 1150. The van der Waals surface area contributed by atoms with E-state index in [1.165, 1.54) is 12.1 Å². The van der Waals surface area contributed by atoms with E-state index >= 15 is 0 Å². The summed E-state index contributed by atoms with van der Waals surface area (Å²) < 4.78 is 33.5. The van der Waals surface area contributed by atoms with Crippen molar-refractivity contribution in [1.82, 2.24) is 14.5 Å². The molecule has 2 aliphatic rings. The topological polar surface area (TPSA) is 51.3 Å². The third-order valence-corrected chi connectivity index (χ3v) is 5.98. The number of hydrogen-bond acceptors (Lipinski definition) is 4. The lowest BCUT2D eigenvalue weighted by Gasteiger charge is -2.24. The Morgan fingerprint density at radius 2 is 2.15 bits per heavy atom. The zero-order chi connectivity index (χ0) is 18.9. The molecule has 0 amide bonds. The maximum atomic E-state index is 13.3. The number of fused-ring (bicyclic) bond motifs is 6. The molecule has 140 valence electrons. The summed E-state index contributed by atoms with van der Waals surface area (Å²) in [7, 11) is 1.96. The van der Waals surface area contributed by atoms with Crippen molar-refractivity contribution in [3.8, 4) is 0 Å². The third kappa shape index (κ3) is 2.27. The zero-order valence-electron chi connectivity index (χ0n) is 14.9. The predicted octanol–water partition coefficient (Wildman–Crippen LogP) is 4.38. The summed E-state index contributed by atoms with van der Waals surface area (Å²) in [5.41, 5.74) is 1.53. The average Bonchev–Trinajstić information content (AvgIpc) is 3.23. The van der Waals surface area contributed by atoms with Crippen LogP contribution in [0.25, 0.3) is 22.1 Å². The van der Waals surface area contributed by atoms with E-state index in [0.29, 0.717) is 23.3 Å². The molecule has 0 radical (unpaired) electrons. The summed E-state index contributed by atoms with van der Waals surface area (Å²) >= 11 is 0. The molecule has 1 aromatic carbocycles. The molecule has 7 heteroatoms. The van der Waals surface area contributed by atoms with Crippen LogP contribution < -0.4 is 5.56 Å². The molecule has 5 nitrogen and oxygen atoms in total. The van der Waals surface area contributed by atoms with Gasteiger partial charge in [-0.15, -0.1) is 0 Å².